The summed E-state index contributed by atoms with van der Waals surface area (Å²) in [6, 6.07) is 6.13. The van der Waals surface area contributed by atoms with E-state index in [4.69, 9.17) is 0 Å². The Labute approximate surface area is 138 Å². The first-order valence-electron chi connectivity index (χ1n) is 7.41. The predicted molar refractivity (Wildman–Crippen MR) is 86.8 cm³/mol. The standard InChI is InChI=1S/C17H16N4O3/c1-11-4-7-21-15(8-11)13(10-19-21)16(22)20-14(17(23)24)9-12-2-5-18-6-3-12/h2-8,10,14H,9H2,1H3,(H,20,22)(H,23,24). The molecule has 0 bridgehead atoms. The molecule has 1 unspecified atom stereocenters. The first-order valence-corrected chi connectivity index (χ1v) is 7.41. The number of nitrogens with zero attached hydrogens (tertiary/aromatic N) is 3. The van der Waals surface area contributed by atoms with Gasteiger partial charge in [-0.25, -0.2) is 9.31 Å². The second-order valence-corrected chi connectivity index (χ2v) is 5.52. The van der Waals surface area contributed by atoms with Crippen LogP contribution < -0.4 is 5.32 Å². The summed E-state index contributed by atoms with van der Waals surface area (Å²) in [6.07, 6.45) is 6.55. The molecule has 0 spiro atoms. The lowest BCUT2D eigenvalue weighted by molar-refractivity contribution is -0.139. The molecule has 122 valence electrons. The van der Waals surface area contributed by atoms with Gasteiger partial charge in [-0.15, -0.1) is 0 Å². The minimum atomic E-state index is -1.09. The summed E-state index contributed by atoms with van der Waals surface area (Å²) in [5.74, 6) is -1.55. The van der Waals surface area contributed by atoms with Crippen LogP contribution in [-0.2, 0) is 11.2 Å². The Kier molecular flexibility index (Phi) is 4.24. The summed E-state index contributed by atoms with van der Waals surface area (Å²) in [4.78, 5) is 27.9. The van der Waals surface area contributed by atoms with E-state index in [-0.39, 0.29) is 6.42 Å². The van der Waals surface area contributed by atoms with E-state index in [1.54, 1.807) is 35.2 Å². The maximum absolute atomic E-state index is 12.5. The Hall–Kier alpha value is -3.22. The summed E-state index contributed by atoms with van der Waals surface area (Å²) in [5, 5.41) is 16.1. The summed E-state index contributed by atoms with van der Waals surface area (Å²) < 4.78 is 1.58. The third-order valence-electron chi connectivity index (χ3n) is 3.71. The molecular weight excluding hydrogens is 308 g/mol. The lowest BCUT2D eigenvalue weighted by Gasteiger charge is -2.14. The van der Waals surface area contributed by atoms with Crippen LogP contribution in [0.25, 0.3) is 5.52 Å². The number of hydrogen-bond donors (Lipinski definition) is 2. The number of fused-ring (bicyclic) bond motifs is 1. The first-order chi connectivity index (χ1) is 11.5. The van der Waals surface area contributed by atoms with Gasteiger partial charge in [-0.1, -0.05) is 0 Å². The number of aromatic nitrogens is 3. The highest BCUT2D eigenvalue weighted by molar-refractivity contribution is 6.02. The van der Waals surface area contributed by atoms with Gasteiger partial charge in [0.05, 0.1) is 17.3 Å². The third-order valence-corrected chi connectivity index (χ3v) is 3.71. The molecule has 3 rings (SSSR count). The predicted octanol–water partition coefficient (Wildman–Crippen LogP) is 1.46. The van der Waals surface area contributed by atoms with Crippen molar-refractivity contribution in [3.05, 3.63) is 65.7 Å². The van der Waals surface area contributed by atoms with Gasteiger partial charge in [-0.3, -0.25) is 9.78 Å². The lowest BCUT2D eigenvalue weighted by Crippen LogP contribution is -2.42. The summed E-state index contributed by atoms with van der Waals surface area (Å²) in [5.41, 5.74) is 2.76. The van der Waals surface area contributed by atoms with Gasteiger partial charge in [0.2, 0.25) is 0 Å². The van der Waals surface area contributed by atoms with Crippen molar-refractivity contribution in [2.75, 3.05) is 0 Å². The van der Waals surface area contributed by atoms with Crippen molar-refractivity contribution in [2.45, 2.75) is 19.4 Å². The molecular formula is C17H16N4O3. The topological polar surface area (TPSA) is 96.6 Å². The number of pyridine rings is 2. The molecule has 0 aliphatic heterocycles. The zero-order valence-electron chi connectivity index (χ0n) is 13.0. The summed E-state index contributed by atoms with van der Waals surface area (Å²) >= 11 is 0. The largest absolute Gasteiger partial charge is 0.480 e. The molecule has 0 saturated carbocycles. The molecule has 1 amide bonds. The molecule has 1 atom stereocenters. The van der Waals surface area contributed by atoms with E-state index in [1.165, 1.54) is 6.20 Å². The zero-order valence-corrected chi connectivity index (χ0v) is 13.0. The number of rotatable bonds is 5. The van der Waals surface area contributed by atoms with E-state index in [1.807, 2.05) is 19.1 Å². The smallest absolute Gasteiger partial charge is 0.326 e. The molecule has 0 radical (unpaired) electrons. The quantitative estimate of drug-likeness (QED) is 0.741. The van der Waals surface area contributed by atoms with Crippen LogP contribution in [0.4, 0.5) is 0 Å². The second kappa shape index (κ2) is 6.49. The maximum Gasteiger partial charge on any atom is 0.326 e. The maximum atomic E-state index is 12.5. The molecule has 0 aromatic carbocycles. The van der Waals surface area contributed by atoms with Gasteiger partial charge in [0.25, 0.3) is 5.91 Å². The molecule has 0 aliphatic carbocycles. The molecule has 7 heteroatoms. The van der Waals surface area contributed by atoms with Crippen molar-refractivity contribution >= 4 is 17.4 Å². The average molecular weight is 324 g/mol. The lowest BCUT2D eigenvalue weighted by atomic mass is 10.1. The fourth-order valence-corrected chi connectivity index (χ4v) is 2.45. The number of hydrogen-bond acceptors (Lipinski definition) is 4. The van der Waals surface area contributed by atoms with Crippen molar-refractivity contribution < 1.29 is 14.7 Å². The molecule has 3 aromatic heterocycles. The van der Waals surface area contributed by atoms with Crippen LogP contribution in [0, 0.1) is 6.92 Å². The van der Waals surface area contributed by atoms with E-state index in [9.17, 15) is 14.7 Å². The van der Waals surface area contributed by atoms with E-state index in [0.717, 1.165) is 11.1 Å². The van der Waals surface area contributed by atoms with Gasteiger partial charge < -0.3 is 10.4 Å². The van der Waals surface area contributed by atoms with Crippen molar-refractivity contribution in [2.24, 2.45) is 0 Å². The number of aryl methyl sites for hydroxylation is 1. The molecule has 7 nitrogen and oxygen atoms in total. The Morgan fingerprint density at radius 3 is 2.75 bits per heavy atom. The van der Waals surface area contributed by atoms with Gasteiger partial charge in [-0.2, -0.15) is 5.10 Å². The van der Waals surface area contributed by atoms with Gasteiger partial charge in [0, 0.05) is 25.0 Å². The Morgan fingerprint density at radius 2 is 2.04 bits per heavy atom. The number of nitrogens with one attached hydrogen (secondary N) is 1. The minimum absolute atomic E-state index is 0.182. The van der Waals surface area contributed by atoms with Gasteiger partial charge in [0.15, 0.2) is 0 Å². The normalized spacial score (nSPS) is 12.0. The van der Waals surface area contributed by atoms with E-state index >= 15 is 0 Å². The van der Waals surface area contributed by atoms with E-state index in [2.05, 4.69) is 15.4 Å². The number of aliphatic carboxylic acids is 1. The Morgan fingerprint density at radius 1 is 1.29 bits per heavy atom. The number of carbonyl (C=O) groups excluding carboxylic acids is 1. The van der Waals surface area contributed by atoms with Crippen molar-refractivity contribution in [3.63, 3.8) is 0 Å². The first kappa shape index (κ1) is 15.7. The minimum Gasteiger partial charge on any atom is -0.480 e. The van der Waals surface area contributed by atoms with Gasteiger partial charge in [0.1, 0.15) is 6.04 Å². The van der Waals surface area contributed by atoms with Crippen LogP contribution >= 0.6 is 0 Å². The van der Waals surface area contributed by atoms with Crippen LogP contribution in [0.15, 0.2) is 49.1 Å². The molecule has 0 saturated heterocycles. The highest BCUT2D eigenvalue weighted by Crippen LogP contribution is 2.13. The van der Waals surface area contributed by atoms with Crippen molar-refractivity contribution in [1.29, 1.82) is 0 Å². The van der Waals surface area contributed by atoms with E-state index in [0.29, 0.717) is 11.1 Å². The van der Waals surface area contributed by atoms with Crippen molar-refractivity contribution in [1.82, 2.24) is 19.9 Å². The fraction of sp³-hybridized carbons (Fsp3) is 0.176. The molecule has 0 aliphatic rings. The van der Waals surface area contributed by atoms with Crippen LogP contribution in [-0.4, -0.2) is 37.6 Å². The van der Waals surface area contributed by atoms with Gasteiger partial charge >= 0.3 is 5.97 Å². The molecule has 3 aromatic rings. The number of carboxylic acids is 1. The summed E-state index contributed by atoms with van der Waals surface area (Å²) in [7, 11) is 0. The van der Waals surface area contributed by atoms with Crippen LogP contribution in [0.3, 0.4) is 0 Å². The summed E-state index contributed by atoms with van der Waals surface area (Å²) in [6.45, 7) is 1.91. The average Bonchev–Trinajstić information content (AvgIpc) is 2.98. The number of carboxylic acid groups (broad SMARTS) is 1. The van der Waals surface area contributed by atoms with E-state index < -0.39 is 17.9 Å². The van der Waals surface area contributed by atoms with Crippen molar-refractivity contribution in [3.8, 4) is 0 Å². The highest BCUT2D eigenvalue weighted by atomic mass is 16.4. The van der Waals surface area contributed by atoms with Crippen LogP contribution in [0.5, 0.6) is 0 Å². The third kappa shape index (κ3) is 3.24. The Bertz CT molecular complexity index is 889. The van der Waals surface area contributed by atoms with Crippen LogP contribution in [0.1, 0.15) is 21.5 Å². The highest BCUT2D eigenvalue weighted by Gasteiger charge is 2.23. The van der Waals surface area contributed by atoms with Gasteiger partial charge in [-0.05, 0) is 42.3 Å². The fourth-order valence-electron chi connectivity index (χ4n) is 2.45. The molecule has 0 fully saturated rings. The SMILES string of the molecule is Cc1ccn2ncc(C(=O)NC(Cc3ccncc3)C(=O)O)c2c1. The Balaban J connectivity index is 1.82. The second-order valence-electron chi connectivity index (χ2n) is 5.52. The number of amides is 1. The van der Waals surface area contributed by atoms with Crippen LogP contribution in [0.2, 0.25) is 0 Å². The molecule has 24 heavy (non-hydrogen) atoms. The number of carbonyl (C=O) groups is 2. The zero-order chi connectivity index (χ0) is 17.1. The molecule has 2 N–H and O–H groups in total. The molecule has 3 heterocycles. The monoisotopic (exact) mass is 324 g/mol.